The number of hydrogen-bond acceptors (Lipinski definition) is 4. The van der Waals surface area contributed by atoms with Crippen molar-refractivity contribution in [3.8, 4) is 0 Å². The Balaban J connectivity index is 1.91. The Hall–Kier alpha value is -1.24. The molecule has 1 heterocycles. The van der Waals surface area contributed by atoms with E-state index in [-0.39, 0.29) is 23.3 Å². The van der Waals surface area contributed by atoms with Crippen LogP contribution in [0.25, 0.3) is 0 Å². The van der Waals surface area contributed by atoms with Gasteiger partial charge in [0.05, 0.1) is 15.7 Å². The Bertz CT molecular complexity index is 622. The molecule has 0 radical (unpaired) electrons. The Kier molecular flexibility index (Phi) is 6.11. The summed E-state index contributed by atoms with van der Waals surface area (Å²) < 4.78 is 0. The van der Waals surface area contributed by atoms with Crippen molar-refractivity contribution in [2.45, 2.75) is 25.0 Å². The number of anilines is 1. The Labute approximate surface area is 142 Å². The van der Waals surface area contributed by atoms with Crippen molar-refractivity contribution in [3.05, 3.63) is 28.2 Å². The van der Waals surface area contributed by atoms with Crippen molar-refractivity contribution in [3.63, 3.8) is 0 Å². The van der Waals surface area contributed by atoms with Crippen LogP contribution in [0.2, 0.25) is 10.0 Å². The number of carbonyl (C=O) groups is 2. The Morgan fingerprint density at radius 2 is 2.18 bits per heavy atom. The van der Waals surface area contributed by atoms with Crippen LogP contribution in [-0.4, -0.2) is 28.8 Å². The summed E-state index contributed by atoms with van der Waals surface area (Å²) in [4.78, 5) is 27.7. The monoisotopic (exact) mass is 359 g/mol. The van der Waals surface area contributed by atoms with Crippen LogP contribution in [0.15, 0.2) is 23.2 Å². The molecule has 0 aromatic heterocycles. The minimum Gasteiger partial charge on any atom is -0.365 e. The van der Waals surface area contributed by atoms with Crippen molar-refractivity contribution in [2.75, 3.05) is 11.9 Å². The summed E-state index contributed by atoms with van der Waals surface area (Å²) in [5.41, 5.74) is 0.430. The molecular weight excluding hydrogens is 345 g/mol. The van der Waals surface area contributed by atoms with Gasteiger partial charge in [-0.05, 0) is 18.6 Å². The second kappa shape index (κ2) is 7.85. The van der Waals surface area contributed by atoms with Gasteiger partial charge in [0.1, 0.15) is 5.25 Å². The summed E-state index contributed by atoms with van der Waals surface area (Å²) in [6.07, 6.45) is 0.972. The summed E-state index contributed by atoms with van der Waals surface area (Å²) in [6.45, 7) is 2.77. The third-order valence-corrected chi connectivity index (χ3v) is 4.79. The molecule has 0 saturated heterocycles. The van der Waals surface area contributed by atoms with Crippen LogP contribution in [0.3, 0.4) is 0 Å². The lowest BCUT2D eigenvalue weighted by Gasteiger charge is -2.10. The van der Waals surface area contributed by atoms with Gasteiger partial charge in [-0.3, -0.25) is 9.59 Å². The maximum Gasteiger partial charge on any atom is 0.262 e. The SMILES string of the molecule is CCCNC1=NC(=O)C(CC(=O)Nc2cccc(Cl)c2Cl)S1. The zero-order valence-corrected chi connectivity index (χ0v) is 14.2. The molecule has 0 aliphatic carbocycles. The van der Waals surface area contributed by atoms with Gasteiger partial charge in [0.15, 0.2) is 5.17 Å². The van der Waals surface area contributed by atoms with Gasteiger partial charge in [-0.2, -0.15) is 4.99 Å². The molecule has 1 aromatic carbocycles. The molecule has 2 amide bonds. The summed E-state index contributed by atoms with van der Waals surface area (Å²) in [5, 5.41) is 6.43. The smallest absolute Gasteiger partial charge is 0.262 e. The molecule has 1 unspecified atom stereocenters. The number of nitrogens with one attached hydrogen (secondary N) is 2. The molecule has 0 bridgehead atoms. The minimum absolute atomic E-state index is 0.0349. The second-order valence-electron chi connectivity index (χ2n) is 4.64. The van der Waals surface area contributed by atoms with E-state index in [1.54, 1.807) is 18.2 Å². The Morgan fingerprint density at radius 1 is 1.41 bits per heavy atom. The van der Waals surface area contributed by atoms with E-state index in [9.17, 15) is 9.59 Å². The van der Waals surface area contributed by atoms with E-state index in [4.69, 9.17) is 23.2 Å². The van der Waals surface area contributed by atoms with Crippen LogP contribution in [0, 0.1) is 0 Å². The topological polar surface area (TPSA) is 70.6 Å². The summed E-state index contributed by atoms with van der Waals surface area (Å²) in [6, 6.07) is 4.98. The largest absolute Gasteiger partial charge is 0.365 e. The second-order valence-corrected chi connectivity index (χ2v) is 6.62. The molecular formula is C14H15Cl2N3O2S. The van der Waals surface area contributed by atoms with Gasteiger partial charge in [-0.25, -0.2) is 0 Å². The zero-order valence-electron chi connectivity index (χ0n) is 11.9. The molecule has 1 aliphatic rings. The first-order valence-corrected chi connectivity index (χ1v) is 8.41. The fourth-order valence-electron chi connectivity index (χ4n) is 1.80. The molecule has 2 N–H and O–H groups in total. The minimum atomic E-state index is -0.502. The van der Waals surface area contributed by atoms with Gasteiger partial charge >= 0.3 is 0 Å². The third kappa shape index (κ3) is 4.38. The van der Waals surface area contributed by atoms with Crippen LogP contribution >= 0.6 is 35.0 Å². The van der Waals surface area contributed by atoms with Crippen LogP contribution in [0.4, 0.5) is 5.69 Å². The molecule has 0 spiro atoms. The van der Waals surface area contributed by atoms with Crippen LogP contribution < -0.4 is 10.6 Å². The number of rotatable bonds is 5. The highest BCUT2D eigenvalue weighted by atomic mass is 35.5. The quantitative estimate of drug-likeness (QED) is 0.845. The van der Waals surface area contributed by atoms with Gasteiger partial charge in [0.2, 0.25) is 5.91 Å². The number of hydrogen-bond donors (Lipinski definition) is 2. The van der Waals surface area contributed by atoms with E-state index in [1.807, 2.05) is 6.92 Å². The molecule has 5 nitrogen and oxygen atoms in total. The van der Waals surface area contributed by atoms with Gasteiger partial charge in [0.25, 0.3) is 5.91 Å². The predicted octanol–water partition coefficient (Wildman–Crippen LogP) is 3.32. The van der Waals surface area contributed by atoms with Crippen LogP contribution in [-0.2, 0) is 9.59 Å². The molecule has 118 valence electrons. The van der Waals surface area contributed by atoms with E-state index in [2.05, 4.69) is 15.6 Å². The summed E-state index contributed by atoms with van der Waals surface area (Å²) >= 11 is 13.2. The first kappa shape index (κ1) is 17.1. The standard InChI is InChI=1S/C14H15Cl2N3O2S/c1-2-6-17-14-19-13(21)10(22-14)7-11(20)18-9-5-3-4-8(15)12(9)16/h3-5,10H,2,6-7H2,1H3,(H,18,20)(H,17,19,21). The van der Waals surface area contributed by atoms with Crippen molar-refractivity contribution in [1.29, 1.82) is 0 Å². The fraction of sp³-hybridized carbons (Fsp3) is 0.357. The maximum absolute atomic E-state index is 12.0. The van der Waals surface area contributed by atoms with Crippen molar-refractivity contribution >= 4 is 57.6 Å². The number of halogens is 2. The first-order chi connectivity index (χ1) is 10.5. The van der Waals surface area contributed by atoms with Gasteiger partial charge < -0.3 is 10.6 Å². The highest BCUT2D eigenvalue weighted by molar-refractivity contribution is 8.15. The van der Waals surface area contributed by atoms with Crippen LogP contribution in [0.1, 0.15) is 19.8 Å². The highest BCUT2D eigenvalue weighted by Crippen LogP contribution is 2.30. The highest BCUT2D eigenvalue weighted by Gasteiger charge is 2.30. The molecule has 8 heteroatoms. The van der Waals surface area contributed by atoms with Crippen molar-refractivity contribution in [2.24, 2.45) is 4.99 Å². The van der Waals surface area contributed by atoms with E-state index >= 15 is 0 Å². The average Bonchev–Trinajstić information content (AvgIpc) is 2.82. The number of nitrogens with zero attached hydrogens (tertiary/aromatic N) is 1. The number of thioether (sulfide) groups is 1. The molecule has 0 fully saturated rings. The number of amidine groups is 1. The number of benzene rings is 1. The predicted molar refractivity (Wildman–Crippen MR) is 91.8 cm³/mol. The molecule has 1 aromatic rings. The third-order valence-electron chi connectivity index (χ3n) is 2.86. The summed E-state index contributed by atoms with van der Waals surface area (Å²) in [7, 11) is 0. The molecule has 1 atom stereocenters. The molecule has 22 heavy (non-hydrogen) atoms. The Morgan fingerprint density at radius 3 is 2.91 bits per heavy atom. The molecule has 2 rings (SSSR count). The van der Waals surface area contributed by atoms with Crippen molar-refractivity contribution in [1.82, 2.24) is 5.32 Å². The first-order valence-electron chi connectivity index (χ1n) is 6.78. The molecule has 1 aliphatic heterocycles. The zero-order chi connectivity index (χ0) is 16.1. The number of carbonyl (C=O) groups excluding carboxylic acids is 2. The van der Waals surface area contributed by atoms with E-state index < -0.39 is 5.25 Å². The lowest BCUT2D eigenvalue weighted by atomic mass is 10.2. The molecule has 0 saturated carbocycles. The van der Waals surface area contributed by atoms with E-state index in [0.717, 1.165) is 13.0 Å². The van der Waals surface area contributed by atoms with Gasteiger partial charge in [-0.1, -0.05) is 48.0 Å². The summed E-state index contributed by atoms with van der Waals surface area (Å²) in [5.74, 6) is -0.599. The van der Waals surface area contributed by atoms with E-state index in [0.29, 0.717) is 15.9 Å². The normalized spacial score (nSPS) is 17.3. The van der Waals surface area contributed by atoms with E-state index in [1.165, 1.54) is 11.8 Å². The lowest BCUT2D eigenvalue weighted by Crippen LogP contribution is -2.23. The average molecular weight is 360 g/mol. The number of aliphatic imine (C=N–C) groups is 1. The van der Waals surface area contributed by atoms with Gasteiger partial charge in [-0.15, -0.1) is 0 Å². The lowest BCUT2D eigenvalue weighted by molar-refractivity contribution is -0.121. The van der Waals surface area contributed by atoms with Crippen LogP contribution in [0.5, 0.6) is 0 Å². The van der Waals surface area contributed by atoms with Crippen molar-refractivity contribution < 1.29 is 9.59 Å². The fourth-order valence-corrected chi connectivity index (χ4v) is 3.13. The van der Waals surface area contributed by atoms with Gasteiger partial charge in [0, 0.05) is 13.0 Å². The maximum atomic E-state index is 12.0. The number of amides is 2.